The van der Waals surface area contributed by atoms with Gasteiger partial charge in [-0.05, 0) is 40.0 Å². The summed E-state index contributed by atoms with van der Waals surface area (Å²) in [5.74, 6) is -0.200. The molecule has 0 aromatic rings. The summed E-state index contributed by atoms with van der Waals surface area (Å²) in [7, 11) is 1.68. The van der Waals surface area contributed by atoms with Crippen molar-refractivity contribution < 1.29 is 23.7 Å². The largest absolute Gasteiger partial charge is 0.460 e. The van der Waals surface area contributed by atoms with Crippen LogP contribution >= 0.6 is 0 Å². The maximum Gasteiger partial charge on any atom is 0.307 e. The molecule has 1 aliphatic carbocycles. The molecule has 2 heterocycles. The maximum atomic E-state index is 11.9. The van der Waals surface area contributed by atoms with Gasteiger partial charge in [0.2, 0.25) is 0 Å². The summed E-state index contributed by atoms with van der Waals surface area (Å²) in [5.41, 5.74) is 6.26. The van der Waals surface area contributed by atoms with Crippen LogP contribution in [0.2, 0.25) is 0 Å². The van der Waals surface area contributed by atoms with Gasteiger partial charge in [0.15, 0.2) is 0 Å². The number of methoxy groups -OCH3 is 1. The monoisotopic (exact) mass is 353 g/mol. The number of esters is 1. The van der Waals surface area contributed by atoms with Crippen LogP contribution in [0.15, 0.2) is 11.6 Å². The van der Waals surface area contributed by atoms with E-state index in [2.05, 4.69) is 26.8 Å². The molecule has 25 heavy (non-hydrogen) atoms. The second-order valence-electron chi connectivity index (χ2n) is 7.94. The minimum Gasteiger partial charge on any atom is -0.460 e. The fraction of sp³-hybridized carbons (Fsp3) is 0.842. The highest BCUT2D eigenvalue weighted by molar-refractivity contribution is 5.69. The first-order chi connectivity index (χ1) is 11.9. The van der Waals surface area contributed by atoms with Crippen LogP contribution < -0.4 is 5.73 Å². The van der Waals surface area contributed by atoms with Crippen LogP contribution in [0.3, 0.4) is 0 Å². The molecule has 3 fully saturated rings. The Balaban J connectivity index is 1.75. The number of epoxide rings is 2. The molecule has 6 nitrogen and oxygen atoms in total. The molecule has 1 spiro atoms. The number of carbonyl (C=O) groups excluding carboxylic acids is 1. The van der Waals surface area contributed by atoms with Crippen molar-refractivity contribution in [2.75, 3.05) is 20.3 Å². The molecule has 0 bridgehead atoms. The van der Waals surface area contributed by atoms with Gasteiger partial charge < -0.3 is 24.7 Å². The highest BCUT2D eigenvalue weighted by Crippen LogP contribution is 2.59. The minimum atomic E-state index is -0.304. The van der Waals surface area contributed by atoms with Crippen LogP contribution in [0, 0.1) is 5.92 Å². The van der Waals surface area contributed by atoms with Crippen molar-refractivity contribution in [3.8, 4) is 0 Å². The summed E-state index contributed by atoms with van der Waals surface area (Å²) < 4.78 is 23.5. The van der Waals surface area contributed by atoms with Crippen molar-refractivity contribution in [1.29, 1.82) is 0 Å². The Labute approximate surface area is 150 Å². The van der Waals surface area contributed by atoms with Crippen LogP contribution in [-0.2, 0) is 23.7 Å². The van der Waals surface area contributed by atoms with E-state index in [0.29, 0.717) is 6.54 Å². The summed E-state index contributed by atoms with van der Waals surface area (Å²) in [4.78, 5) is 11.9. The van der Waals surface area contributed by atoms with E-state index in [9.17, 15) is 4.79 Å². The van der Waals surface area contributed by atoms with Crippen molar-refractivity contribution in [3.05, 3.63) is 11.6 Å². The smallest absolute Gasteiger partial charge is 0.307 e. The summed E-state index contributed by atoms with van der Waals surface area (Å²) in [5, 5.41) is 0. The third-order valence-corrected chi connectivity index (χ3v) is 5.87. The number of hydrogen-bond donors (Lipinski definition) is 1. The van der Waals surface area contributed by atoms with E-state index in [1.807, 2.05) is 0 Å². The molecule has 0 aromatic carbocycles. The van der Waals surface area contributed by atoms with Crippen molar-refractivity contribution >= 4 is 5.97 Å². The normalized spacial score (nSPS) is 42.1. The van der Waals surface area contributed by atoms with Crippen LogP contribution in [0.5, 0.6) is 0 Å². The Morgan fingerprint density at radius 3 is 2.68 bits per heavy atom. The molecule has 142 valence electrons. The lowest BCUT2D eigenvalue weighted by Crippen LogP contribution is -2.55. The minimum absolute atomic E-state index is 0.0602. The van der Waals surface area contributed by atoms with Gasteiger partial charge in [0.25, 0.3) is 0 Å². The molecule has 0 radical (unpaired) electrons. The first-order valence-corrected chi connectivity index (χ1v) is 9.24. The number of rotatable bonds is 7. The lowest BCUT2D eigenvalue weighted by Gasteiger charge is -2.42. The zero-order valence-electron chi connectivity index (χ0n) is 15.7. The predicted molar refractivity (Wildman–Crippen MR) is 93.1 cm³/mol. The Hall–Kier alpha value is -0.950. The van der Waals surface area contributed by atoms with Gasteiger partial charge in [0.05, 0.1) is 25.0 Å². The van der Waals surface area contributed by atoms with Crippen LogP contribution in [0.4, 0.5) is 0 Å². The van der Waals surface area contributed by atoms with Crippen molar-refractivity contribution in [1.82, 2.24) is 0 Å². The molecule has 1 saturated carbocycles. The Bertz CT molecular complexity index is 540. The van der Waals surface area contributed by atoms with E-state index in [0.717, 1.165) is 25.9 Å². The maximum absolute atomic E-state index is 11.9. The Morgan fingerprint density at radius 1 is 1.40 bits per heavy atom. The van der Waals surface area contributed by atoms with E-state index < -0.39 is 0 Å². The topological polar surface area (TPSA) is 86.6 Å². The number of hydrogen-bond acceptors (Lipinski definition) is 6. The number of ether oxygens (including phenoxy) is 4. The first-order valence-electron chi connectivity index (χ1n) is 9.24. The van der Waals surface area contributed by atoms with E-state index >= 15 is 0 Å². The third kappa shape index (κ3) is 3.63. The molecule has 0 aromatic heterocycles. The van der Waals surface area contributed by atoms with Gasteiger partial charge in [-0.1, -0.05) is 11.6 Å². The van der Waals surface area contributed by atoms with Gasteiger partial charge in [-0.25, -0.2) is 0 Å². The van der Waals surface area contributed by atoms with E-state index in [1.54, 1.807) is 7.11 Å². The first kappa shape index (κ1) is 18.8. The summed E-state index contributed by atoms with van der Waals surface area (Å²) in [6, 6.07) is 0. The van der Waals surface area contributed by atoms with Crippen molar-refractivity contribution in [2.24, 2.45) is 11.7 Å². The van der Waals surface area contributed by atoms with Gasteiger partial charge in [-0.3, -0.25) is 4.79 Å². The Morgan fingerprint density at radius 2 is 2.12 bits per heavy atom. The fourth-order valence-electron chi connectivity index (χ4n) is 4.42. The lowest BCUT2D eigenvalue weighted by atomic mass is 9.68. The van der Waals surface area contributed by atoms with E-state index in [1.165, 1.54) is 5.57 Å². The summed E-state index contributed by atoms with van der Waals surface area (Å²) >= 11 is 0. The number of allylic oxidation sites excluding steroid dienone is 1. The van der Waals surface area contributed by atoms with Gasteiger partial charge in [0, 0.05) is 13.7 Å². The third-order valence-electron chi connectivity index (χ3n) is 5.87. The molecule has 2 aliphatic heterocycles. The van der Waals surface area contributed by atoms with E-state index in [-0.39, 0.29) is 47.8 Å². The summed E-state index contributed by atoms with van der Waals surface area (Å²) in [6.45, 7) is 7.36. The SMILES string of the molecule is CO[C@@H]1[C@H](OC(=O)CCN)CC[C@]2(CO2)[C@H]1[C@]1(C)O[C@@H]1CC=C(C)C. The van der Waals surface area contributed by atoms with Crippen LogP contribution in [0.1, 0.15) is 46.5 Å². The second kappa shape index (κ2) is 6.99. The molecular formula is C19H31NO5. The molecule has 3 rings (SSSR count). The van der Waals surface area contributed by atoms with Crippen molar-refractivity contribution in [2.45, 2.75) is 76.0 Å². The standard InChI is InChI=1S/C19H31NO5/c1-12(2)5-6-14-18(3,25-14)17-16(22-4)13(24-15(21)8-10-20)7-9-19(17)11-23-19/h5,13-14,16-17H,6-11,20H2,1-4H3/t13-,14-,16-,17-,18-,19+/m1/s1. The van der Waals surface area contributed by atoms with Gasteiger partial charge in [-0.15, -0.1) is 0 Å². The van der Waals surface area contributed by atoms with Crippen molar-refractivity contribution in [3.63, 3.8) is 0 Å². The molecule has 2 saturated heterocycles. The number of carbonyl (C=O) groups is 1. The fourth-order valence-corrected chi connectivity index (χ4v) is 4.42. The molecular weight excluding hydrogens is 322 g/mol. The van der Waals surface area contributed by atoms with Gasteiger partial charge in [0.1, 0.15) is 23.4 Å². The molecule has 0 amide bonds. The molecule has 6 heteroatoms. The zero-order chi connectivity index (χ0) is 18.2. The quantitative estimate of drug-likeness (QED) is 0.428. The molecule has 2 N–H and O–H groups in total. The molecule has 0 unspecified atom stereocenters. The summed E-state index contributed by atoms with van der Waals surface area (Å²) in [6.07, 6.45) is 4.61. The van der Waals surface area contributed by atoms with Gasteiger partial charge in [-0.2, -0.15) is 0 Å². The Kier molecular flexibility index (Phi) is 5.26. The highest BCUT2D eigenvalue weighted by Gasteiger charge is 2.72. The lowest BCUT2D eigenvalue weighted by molar-refractivity contribution is -0.171. The highest BCUT2D eigenvalue weighted by atomic mass is 16.6. The van der Waals surface area contributed by atoms with E-state index in [4.69, 9.17) is 24.7 Å². The molecule has 3 aliphatic rings. The zero-order valence-corrected chi connectivity index (χ0v) is 15.7. The second-order valence-corrected chi connectivity index (χ2v) is 7.94. The predicted octanol–water partition coefficient (Wildman–Crippen LogP) is 1.95. The average Bonchev–Trinajstić information content (AvgIpc) is 3.45. The van der Waals surface area contributed by atoms with Gasteiger partial charge >= 0.3 is 5.97 Å². The number of nitrogens with two attached hydrogens (primary N) is 1. The van der Waals surface area contributed by atoms with Crippen LogP contribution in [0.25, 0.3) is 0 Å². The molecule has 6 atom stereocenters. The average molecular weight is 353 g/mol. The van der Waals surface area contributed by atoms with Crippen LogP contribution in [-0.4, -0.2) is 55.7 Å².